The molecule has 0 aromatic carbocycles. The minimum Gasteiger partial charge on any atom is -0.481 e. The van der Waals surface area contributed by atoms with Gasteiger partial charge in [-0.25, -0.2) is 0 Å². The molecule has 1 unspecified atom stereocenters. The van der Waals surface area contributed by atoms with Gasteiger partial charge in [-0.05, 0) is 37.5 Å². The summed E-state index contributed by atoms with van der Waals surface area (Å²) in [5.41, 5.74) is -0.540. The highest BCUT2D eigenvalue weighted by atomic mass is 16.5. The van der Waals surface area contributed by atoms with Gasteiger partial charge >= 0.3 is 5.97 Å². The van der Waals surface area contributed by atoms with Gasteiger partial charge in [0.1, 0.15) is 0 Å². The van der Waals surface area contributed by atoms with Crippen molar-refractivity contribution in [3.05, 3.63) is 0 Å². The third-order valence-corrected chi connectivity index (χ3v) is 4.36. The van der Waals surface area contributed by atoms with Crippen molar-refractivity contribution in [2.75, 3.05) is 13.7 Å². The summed E-state index contributed by atoms with van der Waals surface area (Å²) in [7, 11) is 1.64. The Morgan fingerprint density at radius 2 is 2.06 bits per heavy atom. The van der Waals surface area contributed by atoms with Gasteiger partial charge in [0.05, 0.1) is 5.41 Å². The molecule has 3 heteroatoms. The third kappa shape index (κ3) is 2.57. The zero-order chi connectivity index (χ0) is 12.2. The van der Waals surface area contributed by atoms with E-state index in [0.29, 0.717) is 6.61 Å². The Morgan fingerprint density at radius 1 is 1.50 bits per heavy atom. The first-order chi connectivity index (χ1) is 7.56. The molecule has 1 aliphatic rings. The minimum absolute atomic E-state index is 0.104. The molecule has 1 N–H and O–H groups in total. The average Bonchev–Trinajstić information content (AvgIpc) is 2.29. The largest absolute Gasteiger partial charge is 0.481 e. The normalized spacial score (nSPS) is 32.3. The van der Waals surface area contributed by atoms with Crippen LogP contribution in [0, 0.1) is 17.3 Å². The second-order valence-corrected chi connectivity index (χ2v) is 5.17. The number of ether oxygens (including phenoxy) is 1. The Kier molecular flexibility index (Phi) is 4.78. The quantitative estimate of drug-likeness (QED) is 0.787. The fraction of sp³-hybridized carbons (Fsp3) is 0.923. The number of carboxylic acids is 1. The molecule has 1 atom stereocenters. The Morgan fingerprint density at radius 3 is 2.44 bits per heavy atom. The van der Waals surface area contributed by atoms with Gasteiger partial charge in [-0.1, -0.05) is 20.3 Å². The molecule has 0 radical (unpaired) electrons. The highest BCUT2D eigenvalue weighted by molar-refractivity contribution is 5.75. The molecule has 94 valence electrons. The van der Waals surface area contributed by atoms with Crippen LogP contribution in [0.4, 0.5) is 0 Å². The second kappa shape index (κ2) is 5.67. The summed E-state index contributed by atoms with van der Waals surface area (Å²) in [6.07, 6.45) is 4.90. The van der Waals surface area contributed by atoms with Gasteiger partial charge in [-0.15, -0.1) is 0 Å². The molecular weight excluding hydrogens is 204 g/mol. The van der Waals surface area contributed by atoms with Crippen molar-refractivity contribution in [2.45, 2.75) is 46.0 Å². The topological polar surface area (TPSA) is 46.5 Å². The molecule has 3 nitrogen and oxygen atoms in total. The van der Waals surface area contributed by atoms with Crippen LogP contribution in [0.2, 0.25) is 0 Å². The number of aliphatic carboxylic acids is 1. The fourth-order valence-corrected chi connectivity index (χ4v) is 2.93. The Labute approximate surface area is 98.2 Å². The molecule has 1 rings (SSSR count). The summed E-state index contributed by atoms with van der Waals surface area (Å²) in [4.78, 5) is 11.5. The number of methoxy groups -OCH3 is 1. The van der Waals surface area contributed by atoms with Crippen LogP contribution in [-0.4, -0.2) is 24.8 Å². The van der Waals surface area contributed by atoms with Crippen molar-refractivity contribution in [3.63, 3.8) is 0 Å². The first kappa shape index (κ1) is 13.5. The molecule has 1 saturated carbocycles. The standard InChI is InChI=1S/C13H24O3/c1-4-11-5-7-13(8-6-11,12(14)15)10(2)9-16-3/h10-11H,4-9H2,1-3H3,(H,14,15). The van der Waals surface area contributed by atoms with E-state index in [1.54, 1.807) is 7.11 Å². The molecule has 16 heavy (non-hydrogen) atoms. The molecule has 0 bridgehead atoms. The van der Waals surface area contributed by atoms with Crippen LogP contribution in [0.25, 0.3) is 0 Å². The lowest BCUT2D eigenvalue weighted by atomic mass is 9.64. The van der Waals surface area contributed by atoms with Crippen molar-refractivity contribution >= 4 is 5.97 Å². The van der Waals surface area contributed by atoms with Crippen molar-refractivity contribution < 1.29 is 14.6 Å². The maximum absolute atomic E-state index is 11.5. The van der Waals surface area contributed by atoms with Crippen molar-refractivity contribution in [1.29, 1.82) is 0 Å². The predicted molar refractivity (Wildman–Crippen MR) is 63.4 cm³/mol. The van der Waals surface area contributed by atoms with Crippen LogP contribution in [0.15, 0.2) is 0 Å². The van der Waals surface area contributed by atoms with E-state index >= 15 is 0 Å². The molecule has 1 aliphatic carbocycles. The lowest BCUT2D eigenvalue weighted by Crippen LogP contribution is -2.42. The van der Waals surface area contributed by atoms with Crippen LogP contribution >= 0.6 is 0 Å². The average molecular weight is 228 g/mol. The SMILES string of the molecule is CCC1CCC(C(=O)O)(C(C)COC)CC1. The van der Waals surface area contributed by atoms with E-state index in [-0.39, 0.29) is 5.92 Å². The molecule has 0 saturated heterocycles. The van der Waals surface area contributed by atoms with Crippen LogP contribution in [0.1, 0.15) is 46.0 Å². The van der Waals surface area contributed by atoms with E-state index in [9.17, 15) is 9.90 Å². The molecule has 0 heterocycles. The number of carboxylic acid groups (broad SMARTS) is 1. The van der Waals surface area contributed by atoms with Gasteiger partial charge < -0.3 is 9.84 Å². The molecule has 0 aromatic heterocycles. The summed E-state index contributed by atoms with van der Waals surface area (Å²) in [6, 6.07) is 0. The van der Waals surface area contributed by atoms with Crippen molar-refractivity contribution in [1.82, 2.24) is 0 Å². The highest BCUT2D eigenvalue weighted by Crippen LogP contribution is 2.45. The van der Waals surface area contributed by atoms with Crippen molar-refractivity contribution in [2.24, 2.45) is 17.3 Å². The maximum atomic E-state index is 11.5. The number of hydrogen-bond acceptors (Lipinski definition) is 2. The van der Waals surface area contributed by atoms with Gasteiger partial charge in [0, 0.05) is 13.7 Å². The molecular formula is C13H24O3. The van der Waals surface area contributed by atoms with E-state index < -0.39 is 11.4 Å². The first-order valence-corrected chi connectivity index (χ1v) is 6.29. The summed E-state index contributed by atoms with van der Waals surface area (Å²) >= 11 is 0. The predicted octanol–water partition coefficient (Wildman–Crippen LogP) is 2.94. The third-order valence-electron chi connectivity index (χ3n) is 4.36. The van der Waals surface area contributed by atoms with Crippen molar-refractivity contribution in [3.8, 4) is 0 Å². The zero-order valence-electron chi connectivity index (χ0n) is 10.7. The molecule has 0 aliphatic heterocycles. The van der Waals surface area contributed by atoms with Gasteiger partial charge in [-0.3, -0.25) is 4.79 Å². The van der Waals surface area contributed by atoms with E-state index in [2.05, 4.69) is 6.92 Å². The van der Waals surface area contributed by atoms with Crippen LogP contribution in [0.3, 0.4) is 0 Å². The number of hydrogen-bond donors (Lipinski definition) is 1. The Bertz CT molecular complexity index is 229. The lowest BCUT2D eigenvalue weighted by Gasteiger charge is -2.40. The van der Waals surface area contributed by atoms with Gasteiger partial charge in [0.2, 0.25) is 0 Å². The molecule has 1 fully saturated rings. The van der Waals surface area contributed by atoms with Gasteiger partial charge in [0.25, 0.3) is 0 Å². The van der Waals surface area contributed by atoms with E-state index in [1.165, 1.54) is 6.42 Å². The van der Waals surface area contributed by atoms with E-state index in [0.717, 1.165) is 31.6 Å². The first-order valence-electron chi connectivity index (χ1n) is 6.29. The molecule has 0 amide bonds. The van der Waals surface area contributed by atoms with E-state index in [1.807, 2.05) is 6.92 Å². The number of carbonyl (C=O) groups is 1. The van der Waals surface area contributed by atoms with Crippen LogP contribution < -0.4 is 0 Å². The molecule has 0 spiro atoms. The summed E-state index contributed by atoms with van der Waals surface area (Å²) < 4.78 is 5.12. The Balaban J connectivity index is 2.72. The smallest absolute Gasteiger partial charge is 0.309 e. The fourth-order valence-electron chi connectivity index (χ4n) is 2.93. The zero-order valence-corrected chi connectivity index (χ0v) is 10.7. The molecule has 0 aromatic rings. The van der Waals surface area contributed by atoms with Crippen LogP contribution in [0.5, 0.6) is 0 Å². The highest BCUT2D eigenvalue weighted by Gasteiger charge is 2.45. The van der Waals surface area contributed by atoms with Gasteiger partial charge in [0.15, 0.2) is 0 Å². The second-order valence-electron chi connectivity index (χ2n) is 5.17. The van der Waals surface area contributed by atoms with E-state index in [4.69, 9.17) is 4.74 Å². The summed E-state index contributed by atoms with van der Waals surface area (Å²) in [5.74, 6) is 0.196. The van der Waals surface area contributed by atoms with Gasteiger partial charge in [-0.2, -0.15) is 0 Å². The summed E-state index contributed by atoms with van der Waals surface area (Å²) in [6.45, 7) is 4.74. The summed E-state index contributed by atoms with van der Waals surface area (Å²) in [5, 5.41) is 9.49. The Hall–Kier alpha value is -0.570. The minimum atomic E-state index is -0.633. The maximum Gasteiger partial charge on any atom is 0.309 e. The lowest BCUT2D eigenvalue weighted by molar-refractivity contribution is -0.157. The van der Waals surface area contributed by atoms with Crippen LogP contribution in [-0.2, 0) is 9.53 Å². The number of rotatable bonds is 5. The monoisotopic (exact) mass is 228 g/mol.